The van der Waals surface area contributed by atoms with Crippen LogP contribution in [0.4, 0.5) is 4.79 Å². The number of fused-ring (bicyclic) bond motifs is 7. The van der Waals surface area contributed by atoms with Crippen molar-refractivity contribution in [2.24, 2.45) is 56.7 Å². The third-order valence-corrected chi connectivity index (χ3v) is 17.3. The maximum absolute atomic E-state index is 13.4. The van der Waals surface area contributed by atoms with Gasteiger partial charge in [0.25, 0.3) is 0 Å². The first-order chi connectivity index (χ1) is 22.9. The lowest BCUT2D eigenvalue weighted by molar-refractivity contribution is -0.216. The van der Waals surface area contributed by atoms with E-state index in [2.05, 4.69) is 44.8 Å². The Morgan fingerprint density at radius 1 is 0.980 bits per heavy atom. The number of esters is 1. The topological polar surface area (TPSA) is 118 Å². The monoisotopic (exact) mass is 684 g/mol. The predicted octanol–water partition coefficient (Wildman–Crippen LogP) is 5.69. The number of alkyl carbamates (subject to hydrolysis) is 1. The van der Waals surface area contributed by atoms with Crippen molar-refractivity contribution in [1.29, 1.82) is 0 Å². The van der Waals surface area contributed by atoms with Gasteiger partial charge in [0, 0.05) is 30.3 Å². The van der Waals surface area contributed by atoms with Gasteiger partial charge in [0.1, 0.15) is 6.10 Å². The Bertz CT molecular complexity index is 1360. The number of aliphatic hydroxyl groups excluding tert-OH is 1. The maximum atomic E-state index is 13.4. The van der Waals surface area contributed by atoms with E-state index >= 15 is 0 Å². The van der Waals surface area contributed by atoms with Crippen LogP contribution >= 0.6 is 0 Å². The van der Waals surface area contributed by atoms with Gasteiger partial charge in [-0.3, -0.25) is 4.79 Å². The third-order valence-electron chi connectivity index (χ3n) is 17.3. The molecular weight excluding hydrogens is 620 g/mol. The molecule has 14 atom stereocenters. The molecule has 4 heterocycles. The highest BCUT2D eigenvalue weighted by atomic mass is 16.6. The fraction of sp³-hybridized carbons (Fsp3) is 0.950. The quantitative estimate of drug-likeness (QED) is 0.317. The van der Waals surface area contributed by atoms with Gasteiger partial charge in [-0.1, -0.05) is 34.6 Å². The number of nitrogens with zero attached hydrogens (tertiary/aromatic N) is 1. The summed E-state index contributed by atoms with van der Waals surface area (Å²) >= 11 is 0. The van der Waals surface area contributed by atoms with Crippen LogP contribution in [0.15, 0.2) is 0 Å². The van der Waals surface area contributed by atoms with Crippen LogP contribution in [0.1, 0.15) is 120 Å². The number of carbonyl (C=O) groups is 2. The molecule has 49 heavy (non-hydrogen) atoms. The molecule has 9 rings (SSSR count). The summed E-state index contributed by atoms with van der Waals surface area (Å²) in [6.07, 6.45) is 8.11. The van der Waals surface area contributed by atoms with Crippen LogP contribution in [0, 0.1) is 56.7 Å². The molecule has 276 valence electrons. The van der Waals surface area contributed by atoms with Crippen LogP contribution < -0.4 is 5.32 Å². The van der Waals surface area contributed by atoms with Crippen molar-refractivity contribution in [2.45, 2.75) is 162 Å². The zero-order valence-electron chi connectivity index (χ0n) is 31.4. The molecule has 5 unspecified atom stereocenters. The molecule has 5 aliphatic carbocycles. The zero-order chi connectivity index (χ0) is 35.1. The van der Waals surface area contributed by atoms with E-state index in [1.54, 1.807) is 13.8 Å². The highest BCUT2D eigenvalue weighted by Crippen LogP contribution is 2.89. The van der Waals surface area contributed by atoms with Crippen LogP contribution in [-0.2, 0) is 19.0 Å². The number of hydrogen-bond acceptors (Lipinski definition) is 8. The number of carbonyl (C=O) groups excluding carboxylic acids is 2. The second-order valence-electron chi connectivity index (χ2n) is 20.0. The largest absolute Gasteiger partial charge is 0.457 e. The van der Waals surface area contributed by atoms with Crippen LogP contribution in [0.3, 0.4) is 0 Å². The van der Waals surface area contributed by atoms with Gasteiger partial charge in [-0.25, -0.2) is 4.79 Å². The van der Waals surface area contributed by atoms with E-state index in [0.29, 0.717) is 24.2 Å². The molecule has 2 spiro atoms. The minimum atomic E-state index is -1.26. The number of hydrogen-bond donors (Lipinski definition) is 3. The van der Waals surface area contributed by atoms with Crippen molar-refractivity contribution in [2.75, 3.05) is 19.6 Å². The van der Waals surface area contributed by atoms with Crippen molar-refractivity contribution in [3.63, 3.8) is 0 Å². The molecular formula is C40H64N2O7. The maximum Gasteiger partial charge on any atom is 0.407 e. The van der Waals surface area contributed by atoms with Gasteiger partial charge < -0.3 is 34.6 Å². The molecule has 0 aromatic rings. The highest BCUT2D eigenvalue weighted by molar-refractivity contribution is 5.68. The Hall–Kier alpha value is -1.42. The number of aliphatic hydroxyl groups is 2. The summed E-state index contributed by atoms with van der Waals surface area (Å²) in [5.74, 6) is 1.49. The lowest BCUT2D eigenvalue weighted by Crippen LogP contribution is -2.60. The molecule has 9 aliphatic rings. The Labute approximate surface area is 293 Å². The first kappa shape index (κ1) is 34.7. The van der Waals surface area contributed by atoms with Crippen LogP contribution in [0.25, 0.3) is 0 Å². The summed E-state index contributed by atoms with van der Waals surface area (Å²) in [4.78, 5) is 27.9. The normalized spacial score (nSPS) is 52.7. The average Bonchev–Trinajstić information content (AvgIpc) is 3.66. The van der Waals surface area contributed by atoms with Crippen LogP contribution in [0.5, 0.6) is 0 Å². The molecule has 4 aliphatic heterocycles. The lowest BCUT2D eigenvalue weighted by atomic mass is 9.41. The summed E-state index contributed by atoms with van der Waals surface area (Å²) in [6, 6.07) is 0.207. The lowest BCUT2D eigenvalue weighted by Gasteiger charge is -2.63. The molecule has 0 aromatic carbocycles. The Kier molecular flexibility index (Phi) is 7.82. The fourth-order valence-electron chi connectivity index (χ4n) is 15.0. The Morgan fingerprint density at radius 3 is 2.29 bits per heavy atom. The van der Waals surface area contributed by atoms with E-state index in [-0.39, 0.29) is 63.3 Å². The minimum absolute atomic E-state index is 0.0806. The summed E-state index contributed by atoms with van der Waals surface area (Å²) in [7, 11) is 0. The summed E-state index contributed by atoms with van der Waals surface area (Å²) in [5, 5.41) is 26.9. The number of nitrogens with one attached hydrogen (secondary N) is 1. The van der Waals surface area contributed by atoms with Crippen molar-refractivity contribution in [1.82, 2.24) is 10.2 Å². The second kappa shape index (κ2) is 11.1. The smallest absolute Gasteiger partial charge is 0.407 e. The van der Waals surface area contributed by atoms with Gasteiger partial charge in [0.05, 0.1) is 23.9 Å². The van der Waals surface area contributed by atoms with Crippen molar-refractivity contribution < 1.29 is 34.0 Å². The number of piperidine rings is 3. The highest BCUT2D eigenvalue weighted by Gasteiger charge is 2.85. The zero-order valence-corrected chi connectivity index (χ0v) is 31.4. The van der Waals surface area contributed by atoms with Gasteiger partial charge >= 0.3 is 12.1 Å². The van der Waals surface area contributed by atoms with E-state index in [1.807, 2.05) is 0 Å². The molecule has 0 radical (unpaired) electrons. The van der Waals surface area contributed by atoms with Crippen LogP contribution in [0.2, 0.25) is 0 Å². The van der Waals surface area contributed by atoms with E-state index in [0.717, 1.165) is 51.7 Å². The summed E-state index contributed by atoms with van der Waals surface area (Å²) in [5.41, 5.74) is -1.33. The molecule has 5 saturated carbocycles. The molecule has 3 N–H and O–H groups in total. The van der Waals surface area contributed by atoms with Crippen molar-refractivity contribution in [3.05, 3.63) is 0 Å². The summed E-state index contributed by atoms with van der Waals surface area (Å²) in [6.45, 7) is 19.8. The van der Waals surface area contributed by atoms with E-state index in [9.17, 15) is 19.8 Å². The van der Waals surface area contributed by atoms with Crippen molar-refractivity contribution in [3.8, 4) is 0 Å². The van der Waals surface area contributed by atoms with E-state index in [1.165, 1.54) is 32.6 Å². The molecule has 9 nitrogen and oxygen atoms in total. The van der Waals surface area contributed by atoms with Gasteiger partial charge in [-0.15, -0.1) is 0 Å². The van der Waals surface area contributed by atoms with Gasteiger partial charge in [-0.2, -0.15) is 0 Å². The molecule has 9 heteroatoms. The number of amides is 1. The molecule has 1 amide bonds. The predicted molar refractivity (Wildman–Crippen MR) is 184 cm³/mol. The van der Waals surface area contributed by atoms with Gasteiger partial charge in [0.2, 0.25) is 0 Å². The minimum Gasteiger partial charge on any atom is -0.457 e. The Morgan fingerprint density at radius 2 is 1.65 bits per heavy atom. The molecule has 9 fully saturated rings. The summed E-state index contributed by atoms with van der Waals surface area (Å²) < 4.78 is 18.9. The molecule has 0 aromatic heterocycles. The molecule has 2 bridgehead atoms. The number of rotatable bonds is 5. The van der Waals surface area contributed by atoms with E-state index in [4.69, 9.17) is 14.2 Å². The first-order valence-corrected chi connectivity index (χ1v) is 19.8. The third kappa shape index (κ3) is 4.68. The second-order valence-corrected chi connectivity index (χ2v) is 20.0. The average molecular weight is 685 g/mol. The van der Waals surface area contributed by atoms with Gasteiger partial charge in [-0.05, 0) is 137 Å². The molecule has 4 saturated heterocycles. The number of ether oxygens (including phenoxy) is 3. The van der Waals surface area contributed by atoms with Gasteiger partial charge in [0.15, 0.2) is 6.10 Å². The first-order valence-electron chi connectivity index (χ1n) is 19.8. The van der Waals surface area contributed by atoms with Crippen molar-refractivity contribution >= 4 is 12.1 Å². The standard InChI is InChI=1S/C40H64N2O7/c1-22-19-26(33(36(5,6)46)47-23(2)43)48-31-30(22)37(7)15-16-40-21-39(40)14-11-29(49-34(45)41-25-20-42-17-12-24(25)13-18-42)35(3,4)27(39)9-10-28(40)38(37,8)32(31)44/h22,24-33,44,46H,9-21H2,1-8H3,(H,41,45)/t22-,25?,26?,27+,28?,29?,30+,31?,32+,33+,37-,38-,39-,40+/m1/s1. The fourth-order valence-corrected chi connectivity index (χ4v) is 15.0. The Balaban J connectivity index is 1.01. The van der Waals surface area contributed by atoms with E-state index < -0.39 is 29.9 Å². The van der Waals surface area contributed by atoms with Crippen LogP contribution in [-0.4, -0.2) is 89.0 Å². The SMILES string of the molecule is CC(=O)O[C@@H](C1C[C@@H](C)[C@H]2C(O1)[C@H](O)[C@@]1(C)C3CC[C@H]4C(C)(C)C(OC(=O)NC5CN6CCC5CC6)CC[C@@]45C[C@@]35CC[C@]21C)C(C)(C)O.